The summed E-state index contributed by atoms with van der Waals surface area (Å²) in [7, 11) is 0. The van der Waals surface area contributed by atoms with E-state index in [0.717, 1.165) is 0 Å². The molecule has 0 fully saturated rings. The summed E-state index contributed by atoms with van der Waals surface area (Å²) in [5.41, 5.74) is 10.1. The maximum atomic E-state index is 2.31. The van der Waals surface area contributed by atoms with Crippen molar-refractivity contribution in [3.05, 3.63) is 170 Å². The van der Waals surface area contributed by atoms with Crippen LogP contribution in [0.2, 0.25) is 0 Å². The van der Waals surface area contributed by atoms with Gasteiger partial charge in [0.25, 0.3) is 0 Å². The predicted octanol–water partition coefficient (Wildman–Crippen LogP) is 13.0. The van der Waals surface area contributed by atoms with Gasteiger partial charge in [-0.3, -0.25) is 0 Å². The van der Waals surface area contributed by atoms with Crippen molar-refractivity contribution in [1.29, 1.82) is 0 Å². The Balaban J connectivity index is 1.20. The van der Waals surface area contributed by atoms with Gasteiger partial charge < -0.3 is 0 Å². The lowest BCUT2D eigenvalue weighted by atomic mass is 9.85. The monoisotopic (exact) mass is 588 g/mol. The van der Waals surface area contributed by atoms with E-state index in [1.165, 1.54) is 86.2 Å². The minimum Gasteiger partial charge on any atom is -0.135 e. The van der Waals surface area contributed by atoms with E-state index in [9.17, 15) is 0 Å². The number of thiophene rings is 1. The van der Waals surface area contributed by atoms with Gasteiger partial charge in [0, 0.05) is 20.2 Å². The molecule has 210 valence electrons. The maximum absolute atomic E-state index is 2.31. The highest BCUT2D eigenvalue weighted by molar-refractivity contribution is 7.26. The van der Waals surface area contributed by atoms with Crippen LogP contribution in [0.3, 0.4) is 0 Å². The van der Waals surface area contributed by atoms with Crippen molar-refractivity contribution in [3.63, 3.8) is 0 Å². The van der Waals surface area contributed by atoms with Gasteiger partial charge in [-0.1, -0.05) is 164 Å². The van der Waals surface area contributed by atoms with Gasteiger partial charge in [0.2, 0.25) is 0 Å². The predicted molar refractivity (Wildman–Crippen MR) is 196 cm³/mol. The fourth-order valence-electron chi connectivity index (χ4n) is 7.00. The average molecular weight is 589 g/mol. The van der Waals surface area contributed by atoms with Crippen molar-refractivity contribution in [2.75, 3.05) is 0 Å². The van der Waals surface area contributed by atoms with Crippen LogP contribution < -0.4 is 0 Å². The summed E-state index contributed by atoms with van der Waals surface area (Å²) in [5, 5.41) is 7.77. The molecule has 9 rings (SSSR count). The Bertz CT molecular complexity index is 2440. The summed E-state index contributed by atoms with van der Waals surface area (Å²) in [6.07, 6.45) is 0. The highest BCUT2D eigenvalue weighted by atomic mass is 32.1. The molecule has 8 aromatic carbocycles. The van der Waals surface area contributed by atoms with Crippen LogP contribution in [0, 0.1) is 0 Å². The molecule has 0 saturated carbocycles. The Labute approximate surface area is 266 Å². The molecule has 0 aliphatic carbocycles. The smallest absolute Gasteiger partial charge is 0.0433 e. The first kappa shape index (κ1) is 25.9. The van der Waals surface area contributed by atoms with E-state index in [1.54, 1.807) is 0 Å². The van der Waals surface area contributed by atoms with E-state index >= 15 is 0 Å². The van der Waals surface area contributed by atoms with Gasteiger partial charge in [-0.2, -0.15) is 0 Å². The fraction of sp³-hybridized carbons (Fsp3) is 0. The molecular weight excluding hydrogens is 561 g/mol. The van der Waals surface area contributed by atoms with Crippen molar-refractivity contribution in [1.82, 2.24) is 0 Å². The summed E-state index contributed by atoms with van der Waals surface area (Å²) >= 11 is 1.89. The standard InChI is InChI=1S/C44H28S/c1-2-11-29(12-3-1)30-21-25-32(26-22-30)42-36-14-4-6-16-38(36)43(39-17-7-5-15-37(39)42)33-27-23-31(24-28-33)34-18-10-19-40-35-13-8-9-20-41(35)45-44(34)40/h1-28H. The van der Waals surface area contributed by atoms with Crippen LogP contribution in [0.4, 0.5) is 0 Å². The van der Waals surface area contributed by atoms with E-state index in [1.807, 2.05) is 11.3 Å². The molecule has 9 aromatic rings. The Morgan fingerprint density at radius 2 is 0.689 bits per heavy atom. The molecule has 0 bridgehead atoms. The lowest BCUT2D eigenvalue weighted by Crippen LogP contribution is -1.91. The normalized spacial score (nSPS) is 11.6. The molecule has 0 aliphatic rings. The lowest BCUT2D eigenvalue weighted by molar-refractivity contribution is 1.61. The van der Waals surface area contributed by atoms with E-state index < -0.39 is 0 Å². The summed E-state index contributed by atoms with van der Waals surface area (Å²) in [6.45, 7) is 0. The SMILES string of the molecule is c1ccc(-c2ccc(-c3c4ccccc4c(-c4ccc(-c5cccc6c5sc5ccccc56)cc4)c4ccccc34)cc2)cc1. The van der Waals surface area contributed by atoms with E-state index in [0.29, 0.717) is 0 Å². The van der Waals surface area contributed by atoms with Gasteiger partial charge in [0.15, 0.2) is 0 Å². The van der Waals surface area contributed by atoms with Crippen LogP contribution in [-0.2, 0) is 0 Å². The van der Waals surface area contributed by atoms with Crippen LogP contribution in [0.15, 0.2) is 170 Å². The maximum Gasteiger partial charge on any atom is 0.0433 e. The molecule has 0 nitrogen and oxygen atoms in total. The number of rotatable bonds is 4. The quantitative estimate of drug-likeness (QED) is 0.179. The minimum absolute atomic E-state index is 1.23. The molecular formula is C44H28S. The van der Waals surface area contributed by atoms with Gasteiger partial charge in [-0.25, -0.2) is 0 Å². The zero-order chi connectivity index (χ0) is 29.7. The van der Waals surface area contributed by atoms with Crippen molar-refractivity contribution >= 4 is 53.1 Å². The third-order valence-electron chi connectivity index (χ3n) is 9.10. The van der Waals surface area contributed by atoms with Crippen LogP contribution in [-0.4, -0.2) is 0 Å². The van der Waals surface area contributed by atoms with Gasteiger partial charge >= 0.3 is 0 Å². The molecule has 0 aliphatic heterocycles. The topological polar surface area (TPSA) is 0 Å². The van der Waals surface area contributed by atoms with Crippen molar-refractivity contribution in [2.24, 2.45) is 0 Å². The summed E-state index contributed by atoms with van der Waals surface area (Å²) in [4.78, 5) is 0. The van der Waals surface area contributed by atoms with Crippen molar-refractivity contribution in [2.45, 2.75) is 0 Å². The van der Waals surface area contributed by atoms with E-state index in [4.69, 9.17) is 0 Å². The first-order valence-electron chi connectivity index (χ1n) is 15.4. The van der Waals surface area contributed by atoms with Crippen molar-refractivity contribution in [3.8, 4) is 44.5 Å². The van der Waals surface area contributed by atoms with Gasteiger partial charge in [0.1, 0.15) is 0 Å². The second-order valence-corrected chi connectivity index (χ2v) is 12.7. The van der Waals surface area contributed by atoms with E-state index in [-0.39, 0.29) is 0 Å². The van der Waals surface area contributed by atoms with Crippen LogP contribution in [0.25, 0.3) is 86.2 Å². The number of hydrogen-bond acceptors (Lipinski definition) is 1. The number of hydrogen-bond donors (Lipinski definition) is 0. The zero-order valence-corrected chi connectivity index (χ0v) is 25.4. The Hall–Kier alpha value is -5.50. The highest BCUT2D eigenvalue weighted by Gasteiger charge is 2.17. The van der Waals surface area contributed by atoms with Gasteiger partial charge in [-0.05, 0) is 72.1 Å². The van der Waals surface area contributed by atoms with E-state index in [2.05, 4.69) is 170 Å². The summed E-state index contributed by atoms with van der Waals surface area (Å²) in [5.74, 6) is 0. The van der Waals surface area contributed by atoms with Crippen LogP contribution in [0.5, 0.6) is 0 Å². The van der Waals surface area contributed by atoms with Crippen molar-refractivity contribution < 1.29 is 0 Å². The second kappa shape index (κ2) is 10.6. The van der Waals surface area contributed by atoms with Crippen LogP contribution in [0.1, 0.15) is 0 Å². The first-order valence-corrected chi connectivity index (χ1v) is 16.3. The molecule has 1 heterocycles. The molecule has 0 N–H and O–H groups in total. The molecule has 0 atom stereocenters. The molecule has 1 aromatic heterocycles. The molecule has 0 amide bonds. The summed E-state index contributed by atoms with van der Waals surface area (Å²) in [6, 6.07) is 62.1. The van der Waals surface area contributed by atoms with Gasteiger partial charge in [-0.15, -0.1) is 11.3 Å². The van der Waals surface area contributed by atoms with Crippen LogP contribution >= 0.6 is 11.3 Å². The molecule has 0 spiro atoms. The highest BCUT2D eigenvalue weighted by Crippen LogP contribution is 2.45. The zero-order valence-electron chi connectivity index (χ0n) is 24.6. The lowest BCUT2D eigenvalue weighted by Gasteiger charge is -2.18. The third-order valence-corrected chi connectivity index (χ3v) is 10.3. The average Bonchev–Trinajstić information content (AvgIpc) is 3.50. The molecule has 45 heavy (non-hydrogen) atoms. The minimum atomic E-state index is 1.23. The Kier molecular flexibility index (Phi) is 6.11. The molecule has 0 unspecified atom stereocenters. The molecule has 0 saturated heterocycles. The number of fused-ring (bicyclic) bond motifs is 5. The second-order valence-electron chi connectivity index (χ2n) is 11.6. The number of benzene rings is 8. The summed E-state index contributed by atoms with van der Waals surface area (Å²) < 4.78 is 2.69. The first-order chi connectivity index (χ1) is 22.3. The largest absolute Gasteiger partial charge is 0.135 e. The van der Waals surface area contributed by atoms with Gasteiger partial charge in [0.05, 0.1) is 0 Å². The molecule has 1 heteroatoms. The molecule has 0 radical (unpaired) electrons. The Morgan fingerprint density at radius 3 is 1.27 bits per heavy atom. The fourth-order valence-corrected chi connectivity index (χ4v) is 8.24. The Morgan fingerprint density at radius 1 is 0.267 bits per heavy atom. The third kappa shape index (κ3) is 4.28.